The van der Waals surface area contributed by atoms with E-state index in [-0.39, 0.29) is 17.3 Å². The van der Waals surface area contributed by atoms with Crippen LogP contribution in [0.5, 0.6) is 11.5 Å². The summed E-state index contributed by atoms with van der Waals surface area (Å²) >= 11 is 1.02. The summed E-state index contributed by atoms with van der Waals surface area (Å²) in [6.07, 6.45) is 1.20. The number of amides is 4. The minimum atomic E-state index is -0.976. The van der Waals surface area contributed by atoms with Crippen LogP contribution in [0, 0.1) is 0 Å². The predicted octanol–water partition coefficient (Wildman–Crippen LogP) is -0.0927. The van der Waals surface area contributed by atoms with Gasteiger partial charge in [-0.3, -0.25) is 14.9 Å². The highest BCUT2D eigenvalue weighted by molar-refractivity contribution is 8.15. The minimum absolute atomic E-state index is 0.00153. The average molecular weight is 365 g/mol. The zero-order chi connectivity index (χ0) is 18.4. The smallest absolute Gasteiger partial charge is 0.318 e. The number of carbonyl (C=O) groups is 3. The van der Waals surface area contributed by atoms with Crippen LogP contribution in [0.25, 0.3) is 0 Å². The highest BCUT2D eigenvalue weighted by atomic mass is 32.2. The van der Waals surface area contributed by atoms with Crippen molar-refractivity contribution < 1.29 is 24.2 Å². The topological polar surface area (TPSA) is 155 Å². The van der Waals surface area contributed by atoms with Gasteiger partial charge in [-0.2, -0.15) is 5.10 Å². The van der Waals surface area contributed by atoms with Crippen LogP contribution in [0.2, 0.25) is 0 Å². The molecule has 11 heteroatoms. The molecule has 5 N–H and O–H groups in total. The van der Waals surface area contributed by atoms with Crippen molar-refractivity contribution in [1.29, 1.82) is 0 Å². The summed E-state index contributed by atoms with van der Waals surface area (Å²) in [7, 11) is 1.43. The van der Waals surface area contributed by atoms with E-state index in [1.807, 2.05) is 5.32 Å². The van der Waals surface area contributed by atoms with Crippen LogP contribution in [0.3, 0.4) is 0 Å². The Balaban J connectivity index is 1.97. The summed E-state index contributed by atoms with van der Waals surface area (Å²) in [4.78, 5) is 33.8. The van der Waals surface area contributed by atoms with Crippen LogP contribution in [0.1, 0.15) is 12.0 Å². The molecular weight excluding hydrogens is 350 g/mol. The molecule has 0 radical (unpaired) electrons. The standard InChI is InChI=1S/C14H15N5O5S/c1-24-9-4-7(2-3-8(9)20)6-16-19-14-18-12(22)10(25-14)5-11(21)17-13(15)23/h2-4,6,10,20H,5H2,1H3,(H,18,19,22)(H3,15,17,21,23)/b16-6+. The molecule has 0 aliphatic carbocycles. The van der Waals surface area contributed by atoms with Crippen LogP contribution < -0.4 is 21.1 Å². The lowest BCUT2D eigenvalue weighted by Gasteiger charge is -2.03. The Morgan fingerprint density at radius 3 is 2.96 bits per heavy atom. The highest BCUT2D eigenvalue weighted by Crippen LogP contribution is 2.25. The van der Waals surface area contributed by atoms with Gasteiger partial charge in [0.05, 0.1) is 13.3 Å². The number of nitrogens with two attached hydrogens (primary N) is 1. The molecular formula is C14H15N5O5S. The first-order chi connectivity index (χ1) is 11.9. The number of hydrogen-bond acceptors (Lipinski definition) is 8. The Bertz CT molecular complexity index is 764. The van der Waals surface area contributed by atoms with E-state index in [0.29, 0.717) is 11.3 Å². The van der Waals surface area contributed by atoms with Gasteiger partial charge in [0.2, 0.25) is 11.8 Å². The Kier molecular flexibility index (Phi) is 5.95. The van der Waals surface area contributed by atoms with Gasteiger partial charge in [-0.25, -0.2) is 4.79 Å². The number of benzene rings is 1. The van der Waals surface area contributed by atoms with Crippen molar-refractivity contribution in [3.8, 4) is 11.5 Å². The van der Waals surface area contributed by atoms with Gasteiger partial charge >= 0.3 is 6.03 Å². The lowest BCUT2D eigenvalue weighted by Crippen LogP contribution is -2.37. The third-order valence-corrected chi connectivity index (χ3v) is 4.04. The molecule has 1 aliphatic rings. The Morgan fingerprint density at radius 1 is 1.52 bits per heavy atom. The van der Waals surface area contributed by atoms with Gasteiger partial charge < -0.3 is 20.9 Å². The van der Waals surface area contributed by atoms with Gasteiger partial charge in [0, 0.05) is 6.42 Å². The molecule has 1 aliphatic heterocycles. The second kappa shape index (κ2) is 8.15. The molecule has 1 heterocycles. The number of ether oxygens (including phenoxy) is 1. The summed E-state index contributed by atoms with van der Waals surface area (Å²) < 4.78 is 4.98. The van der Waals surface area contributed by atoms with Crippen molar-refractivity contribution in [2.24, 2.45) is 15.9 Å². The number of primary amides is 1. The lowest BCUT2D eigenvalue weighted by molar-refractivity contribution is -0.124. The largest absolute Gasteiger partial charge is 0.504 e. The number of urea groups is 1. The highest BCUT2D eigenvalue weighted by Gasteiger charge is 2.32. The fraction of sp³-hybridized carbons (Fsp3) is 0.214. The fourth-order valence-corrected chi connectivity index (χ4v) is 2.79. The molecule has 4 amide bonds. The molecule has 1 atom stereocenters. The van der Waals surface area contributed by atoms with Gasteiger partial charge in [0.15, 0.2) is 16.7 Å². The molecule has 0 bridgehead atoms. The number of nitrogens with one attached hydrogen (secondary N) is 2. The summed E-state index contributed by atoms with van der Waals surface area (Å²) in [5, 5.41) is 21.1. The maximum Gasteiger partial charge on any atom is 0.318 e. The molecule has 0 saturated carbocycles. The number of phenolic OH excluding ortho intramolecular Hbond substituents is 1. The number of hydrogen-bond donors (Lipinski definition) is 4. The number of amidine groups is 1. The maximum atomic E-state index is 11.8. The number of carbonyl (C=O) groups excluding carboxylic acids is 3. The van der Waals surface area contributed by atoms with E-state index in [1.165, 1.54) is 19.4 Å². The van der Waals surface area contributed by atoms with E-state index in [0.717, 1.165) is 11.8 Å². The van der Waals surface area contributed by atoms with E-state index < -0.39 is 23.1 Å². The summed E-state index contributed by atoms with van der Waals surface area (Å²) in [6, 6.07) is 3.65. The monoisotopic (exact) mass is 365 g/mol. The summed E-state index contributed by atoms with van der Waals surface area (Å²) in [5.41, 5.74) is 5.47. The van der Waals surface area contributed by atoms with Crippen LogP contribution in [-0.4, -0.2) is 46.7 Å². The number of phenols is 1. The Hall–Kier alpha value is -3.08. The van der Waals surface area contributed by atoms with Gasteiger partial charge in [0.25, 0.3) is 0 Å². The second-order valence-electron chi connectivity index (χ2n) is 4.79. The van der Waals surface area contributed by atoms with E-state index in [1.54, 1.807) is 12.1 Å². The zero-order valence-electron chi connectivity index (χ0n) is 13.1. The van der Waals surface area contributed by atoms with Gasteiger partial charge in [-0.1, -0.05) is 11.8 Å². The van der Waals surface area contributed by atoms with Crippen molar-refractivity contribution >= 4 is 41.0 Å². The van der Waals surface area contributed by atoms with Crippen molar-refractivity contribution in [1.82, 2.24) is 10.6 Å². The number of methoxy groups -OCH3 is 1. The van der Waals surface area contributed by atoms with E-state index in [2.05, 4.69) is 15.5 Å². The van der Waals surface area contributed by atoms with Gasteiger partial charge in [0.1, 0.15) is 5.25 Å². The maximum absolute atomic E-state index is 11.8. The molecule has 2 rings (SSSR count). The van der Waals surface area contributed by atoms with Crippen LogP contribution in [0.4, 0.5) is 4.79 Å². The van der Waals surface area contributed by atoms with Crippen LogP contribution in [0.15, 0.2) is 28.4 Å². The van der Waals surface area contributed by atoms with Crippen molar-refractivity contribution in [2.45, 2.75) is 11.7 Å². The number of aromatic hydroxyl groups is 1. The van der Waals surface area contributed by atoms with E-state index >= 15 is 0 Å². The lowest BCUT2D eigenvalue weighted by atomic mass is 10.2. The average Bonchev–Trinajstić information content (AvgIpc) is 2.88. The first-order valence-corrected chi connectivity index (χ1v) is 7.82. The Morgan fingerprint density at radius 2 is 2.28 bits per heavy atom. The summed E-state index contributed by atoms with van der Waals surface area (Å²) in [6.45, 7) is 0. The molecule has 1 saturated heterocycles. The fourth-order valence-electron chi connectivity index (χ4n) is 1.87. The van der Waals surface area contributed by atoms with Crippen molar-refractivity contribution in [3.63, 3.8) is 0 Å². The molecule has 1 fully saturated rings. The number of nitrogens with zero attached hydrogens (tertiary/aromatic N) is 2. The number of thioether (sulfide) groups is 1. The third kappa shape index (κ3) is 5.21. The zero-order valence-corrected chi connectivity index (χ0v) is 13.9. The van der Waals surface area contributed by atoms with Crippen LogP contribution >= 0.6 is 11.8 Å². The molecule has 1 aromatic carbocycles. The van der Waals surface area contributed by atoms with Crippen molar-refractivity contribution in [2.75, 3.05) is 7.11 Å². The van der Waals surface area contributed by atoms with E-state index in [4.69, 9.17) is 10.5 Å². The molecule has 25 heavy (non-hydrogen) atoms. The number of rotatable bonds is 5. The molecule has 10 nitrogen and oxygen atoms in total. The second-order valence-corrected chi connectivity index (χ2v) is 5.98. The molecule has 0 aromatic heterocycles. The number of imide groups is 1. The minimum Gasteiger partial charge on any atom is -0.504 e. The normalized spacial score (nSPS) is 18.4. The van der Waals surface area contributed by atoms with Crippen LogP contribution in [-0.2, 0) is 9.59 Å². The Labute approximate surface area is 146 Å². The first-order valence-electron chi connectivity index (χ1n) is 6.94. The predicted molar refractivity (Wildman–Crippen MR) is 91.6 cm³/mol. The molecule has 1 unspecified atom stereocenters. The first kappa shape index (κ1) is 18.3. The van der Waals surface area contributed by atoms with Gasteiger partial charge in [-0.05, 0) is 23.8 Å². The summed E-state index contributed by atoms with van der Waals surface area (Å²) in [5.74, 6) is -0.770. The van der Waals surface area contributed by atoms with Crippen molar-refractivity contribution in [3.05, 3.63) is 23.8 Å². The van der Waals surface area contributed by atoms with Gasteiger partial charge in [-0.15, -0.1) is 5.10 Å². The SMILES string of the molecule is COc1cc(/C=N/N=C2\NC(=O)C(CC(=O)NC(N)=O)S2)ccc1O. The molecule has 0 spiro atoms. The third-order valence-electron chi connectivity index (χ3n) is 2.97. The molecule has 1 aromatic rings. The molecule has 132 valence electrons. The van der Waals surface area contributed by atoms with E-state index in [9.17, 15) is 19.5 Å². The quantitative estimate of drug-likeness (QED) is 0.422.